The van der Waals surface area contributed by atoms with Gasteiger partial charge in [-0.3, -0.25) is 4.79 Å². The summed E-state index contributed by atoms with van der Waals surface area (Å²) in [6, 6.07) is 4.14. The minimum Gasteiger partial charge on any atom is -0.464 e. The van der Waals surface area contributed by atoms with Gasteiger partial charge in [0.05, 0.1) is 12.7 Å². The molecular formula is C19H27N3O2. The molecule has 3 rings (SSSR count). The zero-order chi connectivity index (χ0) is 16.9. The van der Waals surface area contributed by atoms with Gasteiger partial charge < -0.3 is 20.0 Å². The highest BCUT2D eigenvalue weighted by atomic mass is 16.3. The fourth-order valence-electron chi connectivity index (χ4n) is 3.23. The van der Waals surface area contributed by atoms with Gasteiger partial charge in [-0.15, -0.1) is 0 Å². The van der Waals surface area contributed by atoms with Gasteiger partial charge in [0.15, 0.2) is 0 Å². The van der Waals surface area contributed by atoms with Crippen molar-refractivity contribution in [1.82, 2.24) is 15.5 Å². The average molecular weight is 329 g/mol. The van der Waals surface area contributed by atoms with Crippen LogP contribution in [0, 0.1) is 13.8 Å². The molecule has 24 heavy (non-hydrogen) atoms. The Hall–Kier alpha value is -1.85. The zero-order valence-electron chi connectivity index (χ0n) is 14.7. The Kier molecular flexibility index (Phi) is 5.53. The van der Waals surface area contributed by atoms with Crippen LogP contribution in [0.1, 0.15) is 23.1 Å². The van der Waals surface area contributed by atoms with Crippen LogP contribution < -0.4 is 10.6 Å². The van der Waals surface area contributed by atoms with Gasteiger partial charge in [-0.1, -0.05) is 12.1 Å². The molecule has 0 bridgehead atoms. The number of piperazine rings is 1. The normalized spacial score (nSPS) is 15.8. The molecular weight excluding hydrogens is 302 g/mol. The fraction of sp³-hybridized carbons (Fsp3) is 0.526. The second-order valence-corrected chi connectivity index (χ2v) is 6.62. The molecule has 1 amide bonds. The number of nitrogens with zero attached hydrogens (tertiary/aromatic N) is 1. The zero-order valence-corrected chi connectivity index (χ0v) is 14.7. The number of nitrogens with one attached hydrogen (secondary N) is 2. The number of aryl methyl sites for hydroxylation is 2. The largest absolute Gasteiger partial charge is 0.464 e. The molecule has 1 aliphatic rings. The van der Waals surface area contributed by atoms with Gasteiger partial charge in [0.2, 0.25) is 5.91 Å². The number of hydrogen-bond acceptors (Lipinski definition) is 4. The Morgan fingerprint density at radius 3 is 2.88 bits per heavy atom. The van der Waals surface area contributed by atoms with E-state index in [2.05, 4.69) is 35.4 Å². The molecule has 0 saturated carbocycles. The quantitative estimate of drug-likeness (QED) is 0.796. The smallest absolute Gasteiger partial charge is 0.224 e. The van der Waals surface area contributed by atoms with Crippen molar-refractivity contribution in [2.45, 2.75) is 26.7 Å². The standard InChI is InChI=1S/C19H27N3O2/c1-14-4-5-17-16(13-24-19(17)15(14)2)12-18(23)21-6-3-9-22-10-7-20-8-11-22/h4-5,13,20H,3,6-12H2,1-2H3,(H,21,23). The lowest BCUT2D eigenvalue weighted by Crippen LogP contribution is -2.44. The summed E-state index contributed by atoms with van der Waals surface area (Å²) in [6.45, 7) is 10.3. The summed E-state index contributed by atoms with van der Waals surface area (Å²) in [7, 11) is 0. The van der Waals surface area contributed by atoms with Crippen LogP contribution >= 0.6 is 0 Å². The molecule has 1 saturated heterocycles. The lowest BCUT2D eigenvalue weighted by atomic mass is 10.0. The van der Waals surface area contributed by atoms with Crippen molar-refractivity contribution in [2.75, 3.05) is 39.3 Å². The van der Waals surface area contributed by atoms with E-state index in [1.165, 1.54) is 5.56 Å². The first kappa shape index (κ1) is 17.0. The van der Waals surface area contributed by atoms with Crippen LogP contribution in [-0.4, -0.2) is 50.1 Å². The summed E-state index contributed by atoms with van der Waals surface area (Å²) in [5.74, 6) is 0.0660. The third kappa shape index (κ3) is 3.97. The topological polar surface area (TPSA) is 57.5 Å². The Morgan fingerprint density at radius 2 is 2.08 bits per heavy atom. The second kappa shape index (κ2) is 7.81. The molecule has 2 aromatic rings. The molecule has 0 aliphatic carbocycles. The monoisotopic (exact) mass is 329 g/mol. The summed E-state index contributed by atoms with van der Waals surface area (Å²) < 4.78 is 5.67. The molecule has 2 heterocycles. The number of amides is 1. The van der Waals surface area contributed by atoms with E-state index in [0.29, 0.717) is 6.42 Å². The van der Waals surface area contributed by atoms with E-state index in [9.17, 15) is 4.79 Å². The summed E-state index contributed by atoms with van der Waals surface area (Å²) in [4.78, 5) is 14.6. The molecule has 1 aromatic heterocycles. The molecule has 5 heteroatoms. The van der Waals surface area contributed by atoms with Crippen molar-refractivity contribution >= 4 is 16.9 Å². The number of hydrogen-bond donors (Lipinski definition) is 2. The predicted octanol–water partition coefficient (Wildman–Crippen LogP) is 2.00. The predicted molar refractivity (Wildman–Crippen MR) is 96.3 cm³/mol. The summed E-state index contributed by atoms with van der Waals surface area (Å²) in [6.07, 6.45) is 3.09. The number of rotatable bonds is 6. The lowest BCUT2D eigenvalue weighted by Gasteiger charge is -2.27. The molecule has 1 fully saturated rings. The average Bonchev–Trinajstić information content (AvgIpc) is 2.99. The van der Waals surface area contributed by atoms with E-state index in [0.717, 1.165) is 67.8 Å². The number of furan rings is 1. The highest BCUT2D eigenvalue weighted by molar-refractivity contribution is 5.89. The van der Waals surface area contributed by atoms with Gasteiger partial charge in [0.25, 0.3) is 0 Å². The fourth-order valence-corrected chi connectivity index (χ4v) is 3.23. The first-order chi connectivity index (χ1) is 11.6. The highest BCUT2D eigenvalue weighted by Crippen LogP contribution is 2.26. The van der Waals surface area contributed by atoms with Gasteiger partial charge in [0.1, 0.15) is 5.58 Å². The third-order valence-electron chi connectivity index (χ3n) is 4.88. The molecule has 130 valence electrons. The SMILES string of the molecule is Cc1ccc2c(CC(=O)NCCCN3CCNCC3)coc2c1C. The van der Waals surface area contributed by atoms with Crippen molar-refractivity contribution in [2.24, 2.45) is 0 Å². The van der Waals surface area contributed by atoms with E-state index in [1.807, 2.05) is 6.07 Å². The molecule has 1 aliphatic heterocycles. The Balaban J connectivity index is 1.47. The first-order valence-electron chi connectivity index (χ1n) is 8.81. The molecule has 2 N–H and O–H groups in total. The van der Waals surface area contributed by atoms with Gasteiger partial charge in [0, 0.05) is 43.7 Å². The van der Waals surface area contributed by atoms with Crippen LogP contribution in [0.5, 0.6) is 0 Å². The molecule has 0 radical (unpaired) electrons. The van der Waals surface area contributed by atoms with Crippen molar-refractivity contribution in [3.05, 3.63) is 35.1 Å². The van der Waals surface area contributed by atoms with Gasteiger partial charge in [-0.2, -0.15) is 0 Å². The highest BCUT2D eigenvalue weighted by Gasteiger charge is 2.13. The Bertz CT molecular complexity index is 702. The van der Waals surface area contributed by atoms with Crippen molar-refractivity contribution < 1.29 is 9.21 Å². The van der Waals surface area contributed by atoms with Crippen LogP contribution in [0.25, 0.3) is 11.0 Å². The van der Waals surface area contributed by atoms with E-state index in [-0.39, 0.29) is 5.91 Å². The summed E-state index contributed by atoms with van der Waals surface area (Å²) >= 11 is 0. The molecule has 0 unspecified atom stereocenters. The van der Waals surface area contributed by atoms with Crippen LogP contribution in [0.3, 0.4) is 0 Å². The van der Waals surface area contributed by atoms with Gasteiger partial charge in [-0.05, 0) is 37.9 Å². The molecule has 5 nitrogen and oxygen atoms in total. The maximum atomic E-state index is 12.2. The molecule has 0 spiro atoms. The summed E-state index contributed by atoms with van der Waals surface area (Å²) in [5.41, 5.74) is 4.22. The number of carbonyl (C=O) groups is 1. The lowest BCUT2D eigenvalue weighted by molar-refractivity contribution is -0.120. The Morgan fingerprint density at radius 1 is 1.29 bits per heavy atom. The van der Waals surface area contributed by atoms with E-state index in [4.69, 9.17) is 4.42 Å². The minimum absolute atomic E-state index is 0.0660. The molecule has 1 aromatic carbocycles. The van der Waals surface area contributed by atoms with Gasteiger partial charge in [-0.25, -0.2) is 0 Å². The number of fused-ring (bicyclic) bond motifs is 1. The minimum atomic E-state index is 0.0660. The number of carbonyl (C=O) groups excluding carboxylic acids is 1. The Labute approximate surface area is 143 Å². The van der Waals surface area contributed by atoms with Crippen LogP contribution in [0.15, 0.2) is 22.8 Å². The number of benzene rings is 1. The summed E-state index contributed by atoms with van der Waals surface area (Å²) in [5, 5.41) is 7.43. The van der Waals surface area contributed by atoms with Crippen LogP contribution in [0.2, 0.25) is 0 Å². The van der Waals surface area contributed by atoms with E-state index < -0.39 is 0 Å². The van der Waals surface area contributed by atoms with E-state index >= 15 is 0 Å². The molecule has 0 atom stereocenters. The maximum absolute atomic E-state index is 12.2. The van der Waals surface area contributed by atoms with Crippen LogP contribution in [-0.2, 0) is 11.2 Å². The maximum Gasteiger partial charge on any atom is 0.224 e. The van der Waals surface area contributed by atoms with Crippen molar-refractivity contribution in [3.8, 4) is 0 Å². The first-order valence-corrected chi connectivity index (χ1v) is 8.81. The van der Waals surface area contributed by atoms with Crippen molar-refractivity contribution in [1.29, 1.82) is 0 Å². The second-order valence-electron chi connectivity index (χ2n) is 6.62. The van der Waals surface area contributed by atoms with Crippen molar-refractivity contribution in [3.63, 3.8) is 0 Å². The van der Waals surface area contributed by atoms with Crippen LogP contribution in [0.4, 0.5) is 0 Å². The van der Waals surface area contributed by atoms with Gasteiger partial charge >= 0.3 is 0 Å². The third-order valence-corrected chi connectivity index (χ3v) is 4.88. The van der Waals surface area contributed by atoms with E-state index in [1.54, 1.807) is 6.26 Å².